The highest BCUT2D eigenvalue weighted by atomic mass is 79.9. The van der Waals surface area contributed by atoms with Crippen LogP contribution in [0.2, 0.25) is 0 Å². The number of rotatable bonds is 7. The van der Waals surface area contributed by atoms with Gasteiger partial charge >= 0.3 is 5.97 Å². The number of aliphatic hydroxyl groups excluding tert-OH is 1. The third kappa shape index (κ3) is 5.46. The van der Waals surface area contributed by atoms with E-state index in [1.54, 1.807) is 32.1 Å². The van der Waals surface area contributed by atoms with Crippen LogP contribution < -0.4 is 9.47 Å². The molecule has 158 valence electrons. The lowest BCUT2D eigenvalue weighted by Gasteiger charge is -2.12. The largest absolute Gasteiger partial charge is 0.506 e. The van der Waals surface area contributed by atoms with Crippen LogP contribution in [-0.2, 0) is 14.3 Å². The van der Waals surface area contributed by atoms with E-state index in [4.69, 9.17) is 20.6 Å². The molecule has 1 aliphatic heterocycles. The third-order valence-corrected chi connectivity index (χ3v) is 5.36. The van der Waals surface area contributed by atoms with Crippen molar-refractivity contribution in [1.82, 2.24) is 0 Å². The van der Waals surface area contributed by atoms with Gasteiger partial charge in [-0.05, 0) is 46.6 Å². The molecule has 1 N–H and O–H groups in total. The van der Waals surface area contributed by atoms with E-state index in [-0.39, 0.29) is 36.0 Å². The summed E-state index contributed by atoms with van der Waals surface area (Å²) in [5, 5.41) is 10.7. The van der Waals surface area contributed by atoms with Gasteiger partial charge in [0.1, 0.15) is 23.0 Å². The van der Waals surface area contributed by atoms with Gasteiger partial charge in [0.25, 0.3) is 0 Å². The average Bonchev–Trinajstić information content (AvgIpc) is 3.01. The first-order chi connectivity index (χ1) is 14.4. The van der Waals surface area contributed by atoms with Crippen molar-refractivity contribution in [3.63, 3.8) is 0 Å². The molecule has 0 unspecified atom stereocenters. The topological polar surface area (TPSA) is 94.4 Å². The molecule has 7 nitrogen and oxygen atoms in total. The van der Waals surface area contributed by atoms with E-state index in [0.717, 1.165) is 11.8 Å². The van der Waals surface area contributed by atoms with Crippen molar-refractivity contribution in [2.24, 2.45) is 4.99 Å². The Kier molecular flexibility index (Phi) is 8.57. The Bertz CT molecular complexity index is 990. The van der Waals surface area contributed by atoms with Gasteiger partial charge in [-0.25, -0.2) is 9.79 Å². The normalized spacial score (nSPS) is 16.0. The number of ether oxygens (including phenoxy) is 3. The number of carbonyl (C=O) groups excluding carboxylic acids is 2. The number of nitrogens with zero attached hydrogens (tertiary/aromatic N) is 1. The van der Waals surface area contributed by atoms with Crippen molar-refractivity contribution < 1.29 is 28.9 Å². The lowest BCUT2D eigenvalue weighted by molar-refractivity contribution is -0.138. The highest BCUT2D eigenvalue weighted by Crippen LogP contribution is 2.41. The van der Waals surface area contributed by atoms with Crippen molar-refractivity contribution >= 4 is 50.7 Å². The summed E-state index contributed by atoms with van der Waals surface area (Å²) in [5.41, 5.74) is 0.516. The Morgan fingerprint density at radius 2 is 2.10 bits per heavy atom. The van der Waals surface area contributed by atoms with Crippen LogP contribution in [-0.4, -0.2) is 42.4 Å². The molecule has 30 heavy (non-hydrogen) atoms. The molecule has 0 atom stereocenters. The predicted octanol–water partition coefficient (Wildman–Crippen LogP) is 4.27. The van der Waals surface area contributed by atoms with E-state index < -0.39 is 11.9 Å². The van der Waals surface area contributed by atoms with Gasteiger partial charge in [0.2, 0.25) is 5.91 Å². The number of hydrogen-bond donors (Lipinski definition) is 1. The van der Waals surface area contributed by atoms with Crippen LogP contribution in [0.3, 0.4) is 0 Å². The number of terminal acetylenes is 1. The number of amides is 1. The van der Waals surface area contributed by atoms with E-state index in [2.05, 4.69) is 26.8 Å². The zero-order valence-electron chi connectivity index (χ0n) is 16.7. The molecule has 0 radical (unpaired) electrons. The fourth-order valence-electron chi connectivity index (χ4n) is 2.41. The Balaban J connectivity index is 2.51. The summed E-state index contributed by atoms with van der Waals surface area (Å²) < 4.78 is 16.4. The van der Waals surface area contributed by atoms with Gasteiger partial charge in [0, 0.05) is 6.42 Å². The molecule has 1 amide bonds. The molecule has 2 rings (SSSR count). The number of aliphatic hydroxyl groups is 1. The molecular weight excluding hydrogens is 474 g/mol. The summed E-state index contributed by atoms with van der Waals surface area (Å²) in [6, 6.07) is 3.43. The molecule has 0 saturated heterocycles. The minimum atomic E-state index is -0.745. The maximum atomic E-state index is 12.3. The van der Waals surface area contributed by atoms with Gasteiger partial charge in [-0.2, -0.15) is 0 Å². The van der Waals surface area contributed by atoms with E-state index in [1.807, 2.05) is 0 Å². The monoisotopic (exact) mass is 493 g/mol. The number of hydrogen-bond acceptors (Lipinski definition) is 7. The lowest BCUT2D eigenvalue weighted by Crippen LogP contribution is -2.14. The molecule has 0 saturated carbocycles. The smallest absolute Gasteiger partial charge is 0.344 e. The minimum Gasteiger partial charge on any atom is -0.506 e. The Hall–Kier alpha value is -2.70. The first-order valence-corrected chi connectivity index (χ1v) is 10.5. The second kappa shape index (κ2) is 10.9. The predicted molar refractivity (Wildman–Crippen MR) is 120 cm³/mol. The fourth-order valence-corrected chi connectivity index (χ4v) is 4.02. The van der Waals surface area contributed by atoms with Crippen LogP contribution in [0, 0.1) is 12.3 Å². The van der Waals surface area contributed by atoms with Crippen LogP contribution in [0.15, 0.2) is 37.8 Å². The van der Waals surface area contributed by atoms with Gasteiger partial charge in [0.05, 0.1) is 23.1 Å². The van der Waals surface area contributed by atoms with Gasteiger partial charge in [-0.15, -0.1) is 6.42 Å². The van der Waals surface area contributed by atoms with Crippen molar-refractivity contribution in [2.75, 3.05) is 20.3 Å². The van der Waals surface area contributed by atoms with E-state index in [0.29, 0.717) is 26.4 Å². The van der Waals surface area contributed by atoms with Gasteiger partial charge in [-0.3, -0.25) is 4.79 Å². The first kappa shape index (κ1) is 23.6. The molecule has 1 aromatic carbocycles. The highest BCUT2D eigenvalue weighted by Gasteiger charge is 2.33. The molecule has 0 aromatic heterocycles. The summed E-state index contributed by atoms with van der Waals surface area (Å²) in [5.74, 6) is 1.80. The van der Waals surface area contributed by atoms with Crippen LogP contribution in [0.25, 0.3) is 6.08 Å². The fraction of sp³-hybridized carbons (Fsp3) is 0.286. The number of esters is 1. The lowest BCUT2D eigenvalue weighted by atomic mass is 10.1. The molecule has 0 spiro atoms. The van der Waals surface area contributed by atoms with Gasteiger partial charge in [0.15, 0.2) is 11.5 Å². The number of aliphatic imine (C=N–C) groups is 1. The third-order valence-electron chi connectivity index (χ3n) is 3.75. The maximum absolute atomic E-state index is 12.3. The molecule has 0 aliphatic carbocycles. The SMILES string of the molecule is C#CCOc1c(Br)cc(/C=C2\SC(=NC(=O)CC)C(C(=O)OCC)=C2O)cc1OC. The van der Waals surface area contributed by atoms with Gasteiger partial charge < -0.3 is 19.3 Å². The van der Waals surface area contributed by atoms with Gasteiger partial charge in [-0.1, -0.05) is 24.6 Å². The van der Waals surface area contributed by atoms with Crippen molar-refractivity contribution in [3.8, 4) is 23.8 Å². The standard InChI is InChI=1S/C21H20BrNO6S/c1-5-8-29-19-13(22)9-12(10-14(19)27-4)11-15-18(25)17(21(26)28-7-3)20(30-15)23-16(24)6-2/h1,9-11,25H,6-8H2,2-4H3/b15-11-,23-20?. The summed E-state index contributed by atoms with van der Waals surface area (Å²) in [6.45, 7) is 3.50. The number of benzene rings is 1. The summed E-state index contributed by atoms with van der Waals surface area (Å²) in [4.78, 5) is 28.4. The van der Waals surface area contributed by atoms with Crippen molar-refractivity contribution in [3.05, 3.63) is 38.4 Å². The average molecular weight is 494 g/mol. The second-order valence-corrected chi connectivity index (χ2v) is 7.63. The number of thioether (sulfide) groups is 1. The van der Waals surface area contributed by atoms with E-state index >= 15 is 0 Å². The number of methoxy groups -OCH3 is 1. The summed E-state index contributed by atoms with van der Waals surface area (Å²) in [7, 11) is 1.49. The maximum Gasteiger partial charge on any atom is 0.344 e. The molecule has 0 fully saturated rings. The molecule has 9 heteroatoms. The van der Waals surface area contributed by atoms with E-state index in [9.17, 15) is 14.7 Å². The molecule has 1 heterocycles. The first-order valence-electron chi connectivity index (χ1n) is 8.92. The van der Waals surface area contributed by atoms with Crippen LogP contribution in [0.1, 0.15) is 25.8 Å². The van der Waals surface area contributed by atoms with Crippen molar-refractivity contribution in [2.45, 2.75) is 20.3 Å². The second-order valence-electron chi connectivity index (χ2n) is 5.75. The van der Waals surface area contributed by atoms with Crippen molar-refractivity contribution in [1.29, 1.82) is 0 Å². The summed E-state index contributed by atoms with van der Waals surface area (Å²) in [6.07, 6.45) is 7.04. The Morgan fingerprint density at radius 1 is 1.37 bits per heavy atom. The van der Waals surface area contributed by atoms with E-state index in [1.165, 1.54) is 7.11 Å². The number of halogens is 1. The zero-order valence-corrected chi connectivity index (χ0v) is 19.1. The van der Waals surface area contributed by atoms with Crippen LogP contribution in [0.5, 0.6) is 11.5 Å². The van der Waals surface area contributed by atoms with Crippen LogP contribution in [0.4, 0.5) is 0 Å². The Morgan fingerprint density at radius 3 is 2.70 bits per heavy atom. The zero-order chi connectivity index (χ0) is 22.3. The minimum absolute atomic E-state index is 0.0724. The number of carbonyl (C=O) groups is 2. The summed E-state index contributed by atoms with van der Waals surface area (Å²) >= 11 is 4.42. The molecular formula is C21H20BrNO6S. The Labute approximate surface area is 187 Å². The molecule has 0 bridgehead atoms. The highest BCUT2D eigenvalue weighted by molar-refractivity contribution is 9.10. The quantitative estimate of drug-likeness (QED) is 0.447. The molecule has 1 aromatic rings. The molecule has 1 aliphatic rings. The van der Waals surface area contributed by atoms with Crippen LogP contribution >= 0.6 is 27.7 Å².